The summed E-state index contributed by atoms with van der Waals surface area (Å²) in [6.45, 7) is 4.66. The normalized spacial score (nSPS) is 11.3. The predicted octanol–water partition coefficient (Wildman–Crippen LogP) is 3.83. The van der Waals surface area contributed by atoms with Crippen molar-refractivity contribution in [1.82, 2.24) is 5.32 Å². The van der Waals surface area contributed by atoms with Gasteiger partial charge in [0.2, 0.25) is 0 Å². The molecule has 0 radical (unpaired) electrons. The molecule has 0 aromatic heterocycles. The van der Waals surface area contributed by atoms with Gasteiger partial charge >= 0.3 is 6.09 Å². The summed E-state index contributed by atoms with van der Waals surface area (Å²) in [6.07, 6.45) is 1.03. The molecule has 2 N–H and O–H groups in total. The van der Waals surface area contributed by atoms with Gasteiger partial charge in [0.05, 0.1) is 0 Å². The molecule has 1 rings (SSSR count). The van der Waals surface area contributed by atoms with Crippen LogP contribution < -0.4 is 5.32 Å². The van der Waals surface area contributed by atoms with Gasteiger partial charge in [-0.15, -0.1) is 0 Å². The Morgan fingerprint density at radius 2 is 1.94 bits per heavy atom. The first kappa shape index (κ1) is 15.1. The SMILES string of the molecule is C[Si](C)(Cl)CCCc1ccccc1CNC(=O)O. The molecule has 0 bridgehead atoms. The molecule has 0 atom stereocenters. The van der Waals surface area contributed by atoms with Crippen molar-refractivity contribution in [2.45, 2.75) is 38.5 Å². The molecule has 1 aromatic rings. The molecule has 1 amide bonds. The number of rotatable bonds is 6. The summed E-state index contributed by atoms with van der Waals surface area (Å²) in [4.78, 5) is 10.5. The molecule has 5 heteroatoms. The smallest absolute Gasteiger partial charge is 0.404 e. The second-order valence-corrected chi connectivity index (χ2v) is 12.0. The molecule has 0 spiro atoms. The number of amides is 1. The van der Waals surface area contributed by atoms with Crippen molar-refractivity contribution in [3.63, 3.8) is 0 Å². The van der Waals surface area contributed by atoms with Crippen LogP contribution in [0, 0.1) is 0 Å². The Kier molecular flexibility index (Phi) is 5.69. The summed E-state index contributed by atoms with van der Waals surface area (Å²) in [6, 6.07) is 9.02. The minimum absolute atomic E-state index is 0.368. The highest BCUT2D eigenvalue weighted by molar-refractivity contribution is 7.19. The highest BCUT2D eigenvalue weighted by Gasteiger charge is 2.16. The summed E-state index contributed by atoms with van der Waals surface area (Å²) in [5, 5.41) is 11.0. The summed E-state index contributed by atoms with van der Waals surface area (Å²) in [7, 11) is -1.50. The Labute approximate surface area is 114 Å². The van der Waals surface area contributed by atoms with Gasteiger partial charge in [-0.05, 0) is 23.6 Å². The molecule has 0 aliphatic rings. The minimum atomic E-state index is -1.50. The van der Waals surface area contributed by atoms with Crippen LogP contribution in [0.25, 0.3) is 0 Å². The highest BCUT2D eigenvalue weighted by atomic mass is 35.6. The quantitative estimate of drug-likeness (QED) is 0.616. The molecule has 1 aromatic carbocycles. The molecule has 3 nitrogen and oxygen atoms in total. The zero-order chi connectivity index (χ0) is 13.6. The summed E-state index contributed by atoms with van der Waals surface area (Å²) < 4.78 is 0. The van der Waals surface area contributed by atoms with E-state index >= 15 is 0 Å². The van der Waals surface area contributed by atoms with Crippen molar-refractivity contribution in [3.05, 3.63) is 35.4 Å². The molecular weight excluding hydrogens is 266 g/mol. The minimum Gasteiger partial charge on any atom is -0.465 e. The van der Waals surface area contributed by atoms with Crippen molar-refractivity contribution in [2.75, 3.05) is 0 Å². The molecule has 100 valence electrons. The highest BCUT2D eigenvalue weighted by Crippen LogP contribution is 2.19. The zero-order valence-electron chi connectivity index (χ0n) is 10.9. The number of carbonyl (C=O) groups is 1. The third-order valence-corrected chi connectivity index (χ3v) is 4.88. The van der Waals surface area contributed by atoms with Crippen LogP contribution in [0.1, 0.15) is 17.5 Å². The van der Waals surface area contributed by atoms with E-state index in [0.717, 1.165) is 24.4 Å². The lowest BCUT2D eigenvalue weighted by Gasteiger charge is -2.14. The third-order valence-electron chi connectivity index (χ3n) is 2.77. The van der Waals surface area contributed by atoms with Gasteiger partial charge in [0, 0.05) is 6.54 Å². The number of halogens is 1. The van der Waals surface area contributed by atoms with Crippen LogP contribution in [-0.2, 0) is 13.0 Å². The molecule has 0 unspecified atom stereocenters. The Bertz CT molecular complexity index is 404. The van der Waals surface area contributed by atoms with Gasteiger partial charge in [0.25, 0.3) is 0 Å². The van der Waals surface area contributed by atoms with Crippen LogP contribution in [0.3, 0.4) is 0 Å². The number of carboxylic acid groups (broad SMARTS) is 1. The fourth-order valence-corrected chi connectivity index (χ4v) is 3.26. The lowest BCUT2D eigenvalue weighted by Crippen LogP contribution is -2.21. The van der Waals surface area contributed by atoms with Gasteiger partial charge in [0.1, 0.15) is 0 Å². The van der Waals surface area contributed by atoms with Crippen molar-refractivity contribution in [1.29, 1.82) is 0 Å². The van der Waals surface area contributed by atoms with Crippen LogP contribution in [0.15, 0.2) is 24.3 Å². The Morgan fingerprint density at radius 1 is 1.33 bits per heavy atom. The van der Waals surface area contributed by atoms with E-state index in [9.17, 15) is 4.79 Å². The van der Waals surface area contributed by atoms with Gasteiger partial charge in [-0.2, -0.15) is 11.1 Å². The van der Waals surface area contributed by atoms with Crippen molar-refractivity contribution >= 4 is 24.6 Å². The Balaban J connectivity index is 2.56. The lowest BCUT2D eigenvalue weighted by molar-refractivity contribution is 0.194. The van der Waals surface area contributed by atoms with E-state index in [0.29, 0.717) is 6.54 Å². The lowest BCUT2D eigenvalue weighted by atomic mass is 10.0. The zero-order valence-corrected chi connectivity index (χ0v) is 12.6. The van der Waals surface area contributed by atoms with Gasteiger partial charge in [-0.3, -0.25) is 0 Å². The molecular formula is C13H20ClNO2Si. The first-order chi connectivity index (χ1) is 8.38. The monoisotopic (exact) mass is 285 g/mol. The van der Waals surface area contributed by atoms with Gasteiger partial charge in [-0.1, -0.05) is 43.8 Å². The average Bonchev–Trinajstić information content (AvgIpc) is 2.26. The van der Waals surface area contributed by atoms with Gasteiger partial charge in [-0.25, -0.2) is 4.79 Å². The fraction of sp³-hybridized carbons (Fsp3) is 0.462. The average molecular weight is 286 g/mol. The van der Waals surface area contributed by atoms with E-state index in [1.807, 2.05) is 18.2 Å². The van der Waals surface area contributed by atoms with Gasteiger partial charge in [0.15, 0.2) is 7.38 Å². The second-order valence-electron chi connectivity index (χ2n) is 5.00. The first-order valence-electron chi connectivity index (χ1n) is 6.11. The number of hydrogen-bond acceptors (Lipinski definition) is 1. The molecule has 0 saturated carbocycles. The molecule has 0 aliphatic carbocycles. The molecule has 18 heavy (non-hydrogen) atoms. The van der Waals surface area contributed by atoms with E-state index in [2.05, 4.69) is 24.5 Å². The molecule has 0 fully saturated rings. The summed E-state index contributed by atoms with van der Waals surface area (Å²) in [5.74, 6) is 0. The van der Waals surface area contributed by atoms with E-state index in [1.165, 1.54) is 5.56 Å². The second kappa shape index (κ2) is 6.80. The number of aryl methyl sites for hydroxylation is 1. The van der Waals surface area contributed by atoms with E-state index in [4.69, 9.17) is 16.2 Å². The van der Waals surface area contributed by atoms with Crippen LogP contribution in [0.2, 0.25) is 19.1 Å². The molecule has 0 saturated heterocycles. The first-order valence-corrected chi connectivity index (χ1v) is 10.3. The number of benzene rings is 1. The van der Waals surface area contributed by atoms with Crippen molar-refractivity contribution in [3.8, 4) is 0 Å². The van der Waals surface area contributed by atoms with Crippen LogP contribution in [-0.4, -0.2) is 18.6 Å². The number of hydrogen-bond donors (Lipinski definition) is 2. The van der Waals surface area contributed by atoms with E-state index in [-0.39, 0.29) is 0 Å². The van der Waals surface area contributed by atoms with Crippen LogP contribution in [0.5, 0.6) is 0 Å². The maximum atomic E-state index is 10.5. The fourth-order valence-electron chi connectivity index (χ4n) is 1.84. The Hall–Kier alpha value is -1.00. The molecule has 0 heterocycles. The van der Waals surface area contributed by atoms with Crippen LogP contribution in [0.4, 0.5) is 4.79 Å². The topological polar surface area (TPSA) is 49.3 Å². The third kappa shape index (κ3) is 6.07. The maximum absolute atomic E-state index is 10.5. The summed E-state index contributed by atoms with van der Waals surface area (Å²) >= 11 is 6.29. The largest absolute Gasteiger partial charge is 0.465 e. The van der Waals surface area contributed by atoms with E-state index in [1.54, 1.807) is 0 Å². The maximum Gasteiger partial charge on any atom is 0.404 e. The molecule has 0 aliphatic heterocycles. The van der Waals surface area contributed by atoms with Crippen molar-refractivity contribution in [2.24, 2.45) is 0 Å². The standard InChI is InChI=1S/C13H20ClNO2Si/c1-18(2,14)9-5-8-11-6-3-4-7-12(11)10-15-13(16)17/h3-4,6-7,15H,5,8-10H2,1-2H3,(H,16,17). The Morgan fingerprint density at radius 3 is 2.50 bits per heavy atom. The van der Waals surface area contributed by atoms with Gasteiger partial charge < -0.3 is 10.4 Å². The predicted molar refractivity (Wildman–Crippen MR) is 77.8 cm³/mol. The summed E-state index contributed by atoms with van der Waals surface area (Å²) in [5.41, 5.74) is 2.26. The van der Waals surface area contributed by atoms with E-state index < -0.39 is 13.5 Å². The van der Waals surface area contributed by atoms with Crippen LogP contribution >= 0.6 is 11.1 Å². The van der Waals surface area contributed by atoms with Crippen molar-refractivity contribution < 1.29 is 9.90 Å². The number of nitrogens with one attached hydrogen (secondary N) is 1.